The van der Waals surface area contributed by atoms with Crippen LogP contribution in [0.5, 0.6) is 0 Å². The molecule has 0 saturated carbocycles. The van der Waals surface area contributed by atoms with Gasteiger partial charge in [-0.1, -0.05) is 12.1 Å². The number of rotatable bonds is 6. The maximum atomic E-state index is 9.28. The molecule has 1 aromatic carbocycles. The van der Waals surface area contributed by atoms with Crippen LogP contribution in [0.15, 0.2) is 59.3 Å². The van der Waals surface area contributed by atoms with E-state index in [0.717, 1.165) is 21.4 Å². The second-order valence-electron chi connectivity index (χ2n) is 5.53. The van der Waals surface area contributed by atoms with E-state index < -0.39 is 0 Å². The number of benzene rings is 1. The van der Waals surface area contributed by atoms with Gasteiger partial charge >= 0.3 is 0 Å². The van der Waals surface area contributed by atoms with E-state index in [-0.39, 0.29) is 12.6 Å². The molecule has 3 aromatic rings. The van der Waals surface area contributed by atoms with Crippen LogP contribution >= 0.6 is 15.9 Å². The lowest BCUT2D eigenvalue weighted by Crippen LogP contribution is -2.21. The summed E-state index contributed by atoms with van der Waals surface area (Å²) in [5, 5.41) is 15.7. The third-order valence-electron chi connectivity index (χ3n) is 3.49. The fraction of sp³-hybridized carbons (Fsp3) is 0.167. The molecule has 0 bridgehead atoms. The number of anilines is 3. The van der Waals surface area contributed by atoms with Gasteiger partial charge in [-0.15, -0.1) is 0 Å². The number of hydrogen-bond donors (Lipinski definition) is 3. The van der Waals surface area contributed by atoms with Crippen molar-refractivity contribution < 1.29 is 5.11 Å². The van der Waals surface area contributed by atoms with Gasteiger partial charge in [-0.2, -0.15) is 4.98 Å². The fourth-order valence-electron chi connectivity index (χ4n) is 2.21. The molecule has 7 heteroatoms. The van der Waals surface area contributed by atoms with Gasteiger partial charge in [0.15, 0.2) is 0 Å². The number of nitrogens with one attached hydrogen (secondary N) is 2. The Labute approximate surface area is 154 Å². The number of para-hydroxylation sites is 1. The van der Waals surface area contributed by atoms with Crippen molar-refractivity contribution in [3.8, 4) is 11.3 Å². The van der Waals surface area contributed by atoms with Crippen LogP contribution in [0, 0.1) is 0 Å². The predicted molar refractivity (Wildman–Crippen MR) is 103 cm³/mol. The molecule has 2 aromatic heterocycles. The van der Waals surface area contributed by atoms with Crippen molar-refractivity contribution in [3.05, 3.63) is 59.3 Å². The first kappa shape index (κ1) is 17.3. The topological polar surface area (TPSA) is 83.0 Å². The molecule has 3 N–H and O–H groups in total. The Hall–Kier alpha value is -2.51. The van der Waals surface area contributed by atoms with Crippen molar-refractivity contribution in [3.63, 3.8) is 0 Å². The van der Waals surface area contributed by atoms with Gasteiger partial charge in [0.1, 0.15) is 5.82 Å². The molecule has 0 saturated heterocycles. The molecule has 2 heterocycles. The molecule has 6 nitrogen and oxygen atoms in total. The zero-order chi connectivity index (χ0) is 17.6. The van der Waals surface area contributed by atoms with Crippen molar-refractivity contribution in [2.45, 2.75) is 13.0 Å². The van der Waals surface area contributed by atoms with Gasteiger partial charge < -0.3 is 15.7 Å². The maximum Gasteiger partial charge on any atom is 0.225 e. The summed E-state index contributed by atoms with van der Waals surface area (Å²) in [6.45, 7) is 1.86. The molecular weight excluding hydrogens is 382 g/mol. The lowest BCUT2D eigenvalue weighted by molar-refractivity contribution is 0.281. The number of aliphatic hydroxyl groups excluding tert-OH is 1. The van der Waals surface area contributed by atoms with E-state index >= 15 is 0 Å². The first-order valence-electron chi connectivity index (χ1n) is 7.84. The maximum absolute atomic E-state index is 9.28. The molecule has 0 aliphatic rings. The molecule has 1 atom stereocenters. The number of pyridine rings is 1. The van der Waals surface area contributed by atoms with Crippen molar-refractivity contribution in [2.75, 3.05) is 17.2 Å². The molecule has 128 valence electrons. The van der Waals surface area contributed by atoms with Crippen LogP contribution in [-0.2, 0) is 0 Å². The molecule has 0 aliphatic heterocycles. The number of nitrogens with zero attached hydrogens (tertiary/aromatic N) is 3. The zero-order valence-electron chi connectivity index (χ0n) is 13.6. The first-order chi connectivity index (χ1) is 12.2. The van der Waals surface area contributed by atoms with Crippen LogP contribution in [0.1, 0.15) is 6.92 Å². The highest BCUT2D eigenvalue weighted by atomic mass is 79.9. The van der Waals surface area contributed by atoms with Crippen LogP contribution in [0.25, 0.3) is 11.3 Å². The van der Waals surface area contributed by atoms with Gasteiger partial charge in [0.2, 0.25) is 5.95 Å². The van der Waals surface area contributed by atoms with Gasteiger partial charge in [-0.05, 0) is 47.1 Å². The van der Waals surface area contributed by atoms with Crippen molar-refractivity contribution in [1.82, 2.24) is 15.0 Å². The summed E-state index contributed by atoms with van der Waals surface area (Å²) in [5.74, 6) is 1.10. The van der Waals surface area contributed by atoms with Gasteiger partial charge in [0.05, 0.1) is 18.0 Å². The molecular formula is C18H18BrN5O. The Balaban J connectivity index is 1.99. The van der Waals surface area contributed by atoms with Crippen molar-refractivity contribution >= 4 is 33.4 Å². The Morgan fingerprint density at radius 2 is 1.88 bits per heavy atom. The van der Waals surface area contributed by atoms with Crippen LogP contribution in [-0.4, -0.2) is 32.7 Å². The third-order valence-corrected chi connectivity index (χ3v) is 4.18. The first-order valence-corrected chi connectivity index (χ1v) is 8.63. The minimum atomic E-state index is -0.149. The standard InChI is InChI=1S/C18H18BrN5O/c1-12(11-25)21-18-23-16(13-6-8-20-9-7-13)10-17(24-18)22-15-5-3-2-4-14(15)19/h2-10,12,25H,11H2,1H3,(H2,21,22,23,24)/t12-/m1/s1. The Morgan fingerprint density at radius 1 is 1.12 bits per heavy atom. The lowest BCUT2D eigenvalue weighted by atomic mass is 10.2. The SMILES string of the molecule is C[C@H](CO)Nc1nc(Nc2ccccc2Br)cc(-c2ccncc2)n1. The van der Waals surface area contributed by atoms with Crippen LogP contribution in [0.4, 0.5) is 17.5 Å². The second-order valence-corrected chi connectivity index (χ2v) is 6.39. The molecule has 0 fully saturated rings. The van der Waals surface area contributed by atoms with E-state index in [4.69, 9.17) is 0 Å². The molecule has 0 amide bonds. The summed E-state index contributed by atoms with van der Waals surface area (Å²) >= 11 is 3.52. The highest BCUT2D eigenvalue weighted by Crippen LogP contribution is 2.27. The highest BCUT2D eigenvalue weighted by molar-refractivity contribution is 9.10. The lowest BCUT2D eigenvalue weighted by Gasteiger charge is -2.14. The van der Waals surface area contributed by atoms with Crippen LogP contribution in [0.3, 0.4) is 0 Å². The van der Waals surface area contributed by atoms with Gasteiger partial charge in [0.25, 0.3) is 0 Å². The van der Waals surface area contributed by atoms with Gasteiger partial charge in [-0.3, -0.25) is 4.98 Å². The Bertz CT molecular complexity index is 844. The van der Waals surface area contributed by atoms with E-state index in [1.54, 1.807) is 12.4 Å². The van der Waals surface area contributed by atoms with E-state index in [1.807, 2.05) is 49.4 Å². The second kappa shape index (κ2) is 8.04. The average Bonchev–Trinajstić information content (AvgIpc) is 2.64. The molecule has 3 rings (SSSR count). The minimum absolute atomic E-state index is 0.00413. The normalized spacial score (nSPS) is 11.8. The van der Waals surface area contributed by atoms with E-state index in [2.05, 4.69) is 41.5 Å². The summed E-state index contributed by atoms with van der Waals surface area (Å²) in [7, 11) is 0. The average molecular weight is 400 g/mol. The number of aromatic nitrogens is 3. The summed E-state index contributed by atoms with van der Waals surface area (Å²) in [6, 6.07) is 13.3. The fourth-order valence-corrected chi connectivity index (χ4v) is 2.60. The van der Waals surface area contributed by atoms with Crippen molar-refractivity contribution in [1.29, 1.82) is 0 Å². The quantitative estimate of drug-likeness (QED) is 0.583. The number of halogens is 1. The van der Waals surface area contributed by atoms with Gasteiger partial charge in [0, 0.05) is 34.5 Å². The molecule has 0 unspecified atom stereocenters. The zero-order valence-corrected chi connectivity index (χ0v) is 15.2. The molecule has 0 radical (unpaired) electrons. The highest BCUT2D eigenvalue weighted by Gasteiger charge is 2.10. The monoisotopic (exact) mass is 399 g/mol. The summed E-state index contributed by atoms with van der Waals surface area (Å²) in [6.07, 6.45) is 3.45. The number of aliphatic hydroxyl groups is 1. The minimum Gasteiger partial charge on any atom is -0.394 e. The predicted octanol–water partition coefficient (Wildman–Crippen LogP) is 3.84. The van der Waals surface area contributed by atoms with Crippen LogP contribution < -0.4 is 10.6 Å². The number of hydrogen-bond acceptors (Lipinski definition) is 6. The van der Waals surface area contributed by atoms with Gasteiger partial charge in [-0.25, -0.2) is 4.98 Å². The third kappa shape index (κ3) is 4.52. The van der Waals surface area contributed by atoms with E-state index in [1.165, 1.54) is 0 Å². The smallest absolute Gasteiger partial charge is 0.225 e. The van der Waals surface area contributed by atoms with Crippen molar-refractivity contribution in [2.24, 2.45) is 0 Å². The Morgan fingerprint density at radius 3 is 2.60 bits per heavy atom. The molecule has 0 aliphatic carbocycles. The summed E-state index contributed by atoms with van der Waals surface area (Å²) in [5.41, 5.74) is 2.61. The molecule has 0 spiro atoms. The van der Waals surface area contributed by atoms with E-state index in [9.17, 15) is 5.11 Å². The van der Waals surface area contributed by atoms with E-state index in [0.29, 0.717) is 11.8 Å². The summed E-state index contributed by atoms with van der Waals surface area (Å²) in [4.78, 5) is 13.1. The summed E-state index contributed by atoms with van der Waals surface area (Å²) < 4.78 is 0.942. The Kier molecular flexibility index (Phi) is 5.57. The molecule has 25 heavy (non-hydrogen) atoms. The van der Waals surface area contributed by atoms with Crippen LogP contribution in [0.2, 0.25) is 0 Å². The largest absolute Gasteiger partial charge is 0.394 e.